The fourth-order valence-corrected chi connectivity index (χ4v) is 5.04. The molecule has 0 spiro atoms. The van der Waals surface area contributed by atoms with Gasteiger partial charge in [-0.05, 0) is 47.5 Å². The van der Waals surface area contributed by atoms with Crippen molar-refractivity contribution < 1.29 is 14.4 Å². The maximum absolute atomic E-state index is 13.7. The van der Waals surface area contributed by atoms with Gasteiger partial charge < -0.3 is 15.5 Å². The molecular formula is C27H30N4O3S. The first-order chi connectivity index (χ1) is 17.1. The Kier molecular flexibility index (Phi) is 8.62. The van der Waals surface area contributed by atoms with E-state index in [4.69, 9.17) is 0 Å². The number of benzene rings is 1. The zero-order valence-corrected chi connectivity index (χ0v) is 20.4. The third-order valence-corrected chi connectivity index (χ3v) is 7.06. The number of aromatic nitrogens is 1. The van der Waals surface area contributed by atoms with Gasteiger partial charge in [-0.2, -0.15) is 0 Å². The first kappa shape index (κ1) is 24.6. The Bertz CT molecular complexity index is 1100. The molecule has 2 aromatic heterocycles. The normalized spacial score (nSPS) is 14.6. The lowest BCUT2D eigenvalue weighted by Gasteiger charge is -2.33. The quantitative estimate of drug-likeness (QED) is 0.473. The number of rotatable bonds is 9. The highest BCUT2D eigenvalue weighted by Gasteiger charge is 2.33. The van der Waals surface area contributed by atoms with Crippen LogP contribution in [0.15, 0.2) is 72.4 Å². The summed E-state index contributed by atoms with van der Waals surface area (Å²) in [4.78, 5) is 45.9. The predicted octanol–water partition coefficient (Wildman–Crippen LogP) is 4.09. The minimum atomic E-state index is -0.841. The van der Waals surface area contributed by atoms with Crippen molar-refractivity contribution in [3.63, 3.8) is 0 Å². The van der Waals surface area contributed by atoms with Crippen LogP contribution in [0.4, 0.5) is 0 Å². The molecular weight excluding hydrogens is 460 g/mol. The Labute approximate surface area is 209 Å². The topological polar surface area (TPSA) is 91.4 Å². The van der Waals surface area contributed by atoms with E-state index in [0.717, 1.165) is 31.2 Å². The number of carbonyl (C=O) groups is 3. The first-order valence-electron chi connectivity index (χ1n) is 12.0. The van der Waals surface area contributed by atoms with Gasteiger partial charge in [-0.1, -0.05) is 55.7 Å². The fraction of sp³-hybridized carbons (Fsp3) is 0.333. The van der Waals surface area contributed by atoms with Crippen LogP contribution in [-0.4, -0.2) is 40.2 Å². The minimum absolute atomic E-state index is 0.104. The number of pyridine rings is 1. The molecule has 2 N–H and O–H groups in total. The number of thiophene rings is 1. The van der Waals surface area contributed by atoms with E-state index in [1.54, 1.807) is 41.6 Å². The van der Waals surface area contributed by atoms with E-state index in [0.29, 0.717) is 10.4 Å². The van der Waals surface area contributed by atoms with Crippen molar-refractivity contribution >= 4 is 29.1 Å². The average molecular weight is 491 g/mol. The van der Waals surface area contributed by atoms with Gasteiger partial charge in [-0.25, -0.2) is 0 Å². The molecule has 35 heavy (non-hydrogen) atoms. The number of nitrogens with one attached hydrogen (secondary N) is 2. The molecule has 1 aliphatic rings. The van der Waals surface area contributed by atoms with Crippen molar-refractivity contribution in [2.45, 2.75) is 50.7 Å². The van der Waals surface area contributed by atoms with Crippen LogP contribution in [0.3, 0.4) is 0 Å². The smallest absolute Gasteiger partial charge is 0.261 e. The van der Waals surface area contributed by atoms with E-state index in [-0.39, 0.29) is 36.9 Å². The molecule has 0 radical (unpaired) electrons. The van der Waals surface area contributed by atoms with Gasteiger partial charge in [0.05, 0.1) is 11.4 Å². The molecule has 0 saturated heterocycles. The van der Waals surface area contributed by atoms with Crippen LogP contribution in [-0.2, 0) is 16.1 Å². The Balaban J connectivity index is 1.60. The summed E-state index contributed by atoms with van der Waals surface area (Å²) < 4.78 is 0. The lowest BCUT2D eigenvalue weighted by molar-refractivity contribution is -0.141. The van der Waals surface area contributed by atoms with E-state index in [2.05, 4.69) is 15.6 Å². The van der Waals surface area contributed by atoms with Crippen molar-refractivity contribution in [3.8, 4) is 0 Å². The lowest BCUT2D eigenvalue weighted by Crippen LogP contribution is -2.49. The van der Waals surface area contributed by atoms with Crippen LogP contribution < -0.4 is 10.6 Å². The van der Waals surface area contributed by atoms with Gasteiger partial charge in [-0.3, -0.25) is 19.4 Å². The summed E-state index contributed by atoms with van der Waals surface area (Å²) in [7, 11) is 0. The molecule has 1 fully saturated rings. The highest BCUT2D eigenvalue weighted by atomic mass is 32.1. The lowest BCUT2D eigenvalue weighted by atomic mass is 9.94. The van der Waals surface area contributed by atoms with Crippen LogP contribution in [0.5, 0.6) is 0 Å². The van der Waals surface area contributed by atoms with Gasteiger partial charge in [0.25, 0.3) is 5.91 Å². The Morgan fingerprint density at radius 3 is 2.40 bits per heavy atom. The molecule has 0 bridgehead atoms. The molecule has 3 aromatic rings. The summed E-state index contributed by atoms with van der Waals surface area (Å²) in [6.45, 7) is 0.0292. The SMILES string of the molecule is O=C(NCC(=O)N(Cc1ccccc1)C(C(=O)NC1CCCCC1)c1ccncc1)c1cccs1. The summed E-state index contributed by atoms with van der Waals surface area (Å²) in [6, 6.07) is 15.9. The van der Waals surface area contributed by atoms with Gasteiger partial charge in [0.15, 0.2) is 0 Å². The monoisotopic (exact) mass is 490 g/mol. The van der Waals surface area contributed by atoms with Crippen molar-refractivity contribution in [2.75, 3.05) is 6.54 Å². The van der Waals surface area contributed by atoms with Crippen LogP contribution >= 0.6 is 11.3 Å². The van der Waals surface area contributed by atoms with Gasteiger partial charge in [0.1, 0.15) is 6.04 Å². The molecule has 1 aliphatic carbocycles. The maximum atomic E-state index is 13.7. The molecule has 182 valence electrons. The molecule has 2 heterocycles. The van der Waals surface area contributed by atoms with Crippen molar-refractivity contribution in [1.29, 1.82) is 0 Å². The molecule has 7 nitrogen and oxygen atoms in total. The largest absolute Gasteiger partial charge is 0.351 e. The first-order valence-corrected chi connectivity index (χ1v) is 12.8. The zero-order chi connectivity index (χ0) is 24.5. The number of carbonyl (C=O) groups excluding carboxylic acids is 3. The zero-order valence-electron chi connectivity index (χ0n) is 19.6. The Morgan fingerprint density at radius 1 is 0.971 bits per heavy atom. The van der Waals surface area contributed by atoms with Crippen molar-refractivity contribution in [2.24, 2.45) is 0 Å². The van der Waals surface area contributed by atoms with Crippen LogP contribution in [0.2, 0.25) is 0 Å². The van der Waals surface area contributed by atoms with E-state index in [1.807, 2.05) is 35.7 Å². The Morgan fingerprint density at radius 2 is 1.71 bits per heavy atom. The third-order valence-electron chi connectivity index (χ3n) is 6.19. The van der Waals surface area contributed by atoms with E-state index in [1.165, 1.54) is 17.8 Å². The van der Waals surface area contributed by atoms with Gasteiger partial charge in [-0.15, -0.1) is 11.3 Å². The predicted molar refractivity (Wildman–Crippen MR) is 136 cm³/mol. The van der Waals surface area contributed by atoms with Gasteiger partial charge in [0, 0.05) is 25.0 Å². The highest BCUT2D eigenvalue weighted by Crippen LogP contribution is 2.25. The van der Waals surface area contributed by atoms with Crippen molar-refractivity contribution in [1.82, 2.24) is 20.5 Å². The summed E-state index contributed by atoms with van der Waals surface area (Å²) in [5.74, 6) is -0.851. The summed E-state index contributed by atoms with van der Waals surface area (Å²) in [6.07, 6.45) is 8.50. The van der Waals surface area contributed by atoms with Crippen LogP contribution in [0, 0.1) is 0 Å². The molecule has 8 heteroatoms. The van der Waals surface area contributed by atoms with Crippen LogP contribution in [0.25, 0.3) is 0 Å². The number of nitrogens with zero attached hydrogens (tertiary/aromatic N) is 2. The molecule has 4 rings (SSSR count). The summed E-state index contributed by atoms with van der Waals surface area (Å²) >= 11 is 1.31. The second-order valence-corrected chi connectivity index (χ2v) is 9.64. The molecule has 3 amide bonds. The summed E-state index contributed by atoms with van der Waals surface area (Å²) in [5, 5.41) is 7.71. The average Bonchev–Trinajstić information content (AvgIpc) is 3.44. The maximum Gasteiger partial charge on any atom is 0.261 e. The van der Waals surface area contributed by atoms with E-state index in [9.17, 15) is 14.4 Å². The molecule has 0 aliphatic heterocycles. The second kappa shape index (κ2) is 12.3. The molecule has 1 atom stereocenters. The third kappa shape index (κ3) is 6.76. The van der Waals surface area contributed by atoms with Crippen LogP contribution in [0.1, 0.15) is 58.9 Å². The molecule has 1 saturated carbocycles. The highest BCUT2D eigenvalue weighted by molar-refractivity contribution is 7.12. The van der Waals surface area contributed by atoms with Gasteiger partial charge in [0.2, 0.25) is 11.8 Å². The number of amides is 3. The molecule has 1 unspecified atom stereocenters. The van der Waals surface area contributed by atoms with Gasteiger partial charge >= 0.3 is 0 Å². The minimum Gasteiger partial charge on any atom is -0.351 e. The fourth-order valence-electron chi connectivity index (χ4n) is 4.40. The van der Waals surface area contributed by atoms with E-state index >= 15 is 0 Å². The van der Waals surface area contributed by atoms with E-state index < -0.39 is 6.04 Å². The number of hydrogen-bond acceptors (Lipinski definition) is 5. The standard InChI is InChI=1S/C27H30N4O3S/c32-24(18-29-26(33)23-12-7-17-35-23)31(19-20-8-3-1-4-9-20)25(21-13-15-28-16-14-21)27(34)30-22-10-5-2-6-11-22/h1,3-4,7-9,12-17,22,25H,2,5-6,10-11,18-19H2,(H,29,33)(H,30,34). The number of hydrogen-bond donors (Lipinski definition) is 2. The summed E-state index contributed by atoms with van der Waals surface area (Å²) in [5.41, 5.74) is 1.58. The second-order valence-electron chi connectivity index (χ2n) is 8.69. The Hall–Kier alpha value is -3.52. The van der Waals surface area contributed by atoms with Crippen molar-refractivity contribution in [3.05, 3.63) is 88.4 Å². The molecule has 1 aromatic carbocycles.